The van der Waals surface area contributed by atoms with Crippen molar-refractivity contribution >= 4 is 11.3 Å². The Morgan fingerprint density at radius 3 is 2.90 bits per heavy atom. The van der Waals surface area contributed by atoms with Crippen LogP contribution in [0.4, 0.5) is 0 Å². The number of nitrogens with one attached hydrogen (secondary N) is 1. The van der Waals surface area contributed by atoms with Gasteiger partial charge in [0.1, 0.15) is 5.01 Å². The highest BCUT2D eigenvalue weighted by Crippen LogP contribution is 2.32. The van der Waals surface area contributed by atoms with Crippen LogP contribution in [0, 0.1) is 0 Å². The number of rotatable bonds is 3. The zero-order valence-corrected chi connectivity index (χ0v) is 12.9. The standard InChI is InChI=1S/C16H21N3S/c1-13-10-19(11-15-17-8-9-20-15)16(2,12-18-13)14-6-4-3-5-7-14/h3-9,13,18H,10-12H2,1-2H3. The van der Waals surface area contributed by atoms with E-state index in [1.54, 1.807) is 11.3 Å². The van der Waals surface area contributed by atoms with E-state index in [1.165, 1.54) is 10.6 Å². The minimum atomic E-state index is 0.0272. The molecule has 0 bridgehead atoms. The molecule has 2 atom stereocenters. The van der Waals surface area contributed by atoms with E-state index in [0.29, 0.717) is 6.04 Å². The highest BCUT2D eigenvalue weighted by atomic mass is 32.1. The van der Waals surface area contributed by atoms with Crippen LogP contribution in [0.3, 0.4) is 0 Å². The maximum atomic E-state index is 4.45. The van der Waals surface area contributed by atoms with Crippen molar-refractivity contribution in [2.24, 2.45) is 0 Å². The Kier molecular flexibility index (Phi) is 3.87. The van der Waals surface area contributed by atoms with E-state index in [2.05, 4.69) is 64.8 Å². The normalized spacial score (nSPS) is 27.6. The summed E-state index contributed by atoms with van der Waals surface area (Å²) in [6.07, 6.45) is 1.89. The first-order valence-corrected chi connectivity index (χ1v) is 7.99. The van der Waals surface area contributed by atoms with E-state index in [1.807, 2.05) is 6.20 Å². The molecule has 1 aliphatic heterocycles. The fourth-order valence-corrected chi connectivity index (χ4v) is 3.53. The van der Waals surface area contributed by atoms with Gasteiger partial charge in [0.2, 0.25) is 0 Å². The third-order valence-corrected chi connectivity index (χ3v) is 4.96. The Balaban J connectivity index is 1.90. The predicted molar refractivity (Wildman–Crippen MR) is 83.8 cm³/mol. The van der Waals surface area contributed by atoms with Gasteiger partial charge in [0.15, 0.2) is 0 Å². The summed E-state index contributed by atoms with van der Waals surface area (Å²) in [5, 5.41) is 6.87. The van der Waals surface area contributed by atoms with Gasteiger partial charge in [-0.25, -0.2) is 4.98 Å². The van der Waals surface area contributed by atoms with Gasteiger partial charge in [-0.05, 0) is 19.4 Å². The maximum absolute atomic E-state index is 4.45. The van der Waals surface area contributed by atoms with Gasteiger partial charge in [-0.15, -0.1) is 11.3 Å². The van der Waals surface area contributed by atoms with Crippen molar-refractivity contribution in [3.63, 3.8) is 0 Å². The summed E-state index contributed by atoms with van der Waals surface area (Å²) in [4.78, 5) is 7.01. The van der Waals surface area contributed by atoms with Crippen LogP contribution in [0.5, 0.6) is 0 Å². The minimum Gasteiger partial charge on any atom is -0.311 e. The molecule has 2 heterocycles. The molecule has 1 N–H and O–H groups in total. The van der Waals surface area contributed by atoms with Crippen molar-refractivity contribution < 1.29 is 0 Å². The van der Waals surface area contributed by atoms with Gasteiger partial charge >= 0.3 is 0 Å². The van der Waals surface area contributed by atoms with E-state index >= 15 is 0 Å². The molecule has 3 nitrogen and oxygen atoms in total. The average Bonchev–Trinajstić information content (AvgIpc) is 2.97. The van der Waals surface area contributed by atoms with E-state index in [9.17, 15) is 0 Å². The molecule has 106 valence electrons. The molecule has 20 heavy (non-hydrogen) atoms. The van der Waals surface area contributed by atoms with Crippen molar-refractivity contribution in [2.45, 2.75) is 32.0 Å². The highest BCUT2D eigenvalue weighted by Gasteiger charge is 2.38. The second-order valence-electron chi connectivity index (χ2n) is 5.73. The molecule has 0 amide bonds. The molecule has 0 radical (unpaired) electrons. The number of thiazole rings is 1. The minimum absolute atomic E-state index is 0.0272. The first-order chi connectivity index (χ1) is 9.68. The Bertz CT molecular complexity index is 540. The molecule has 1 aliphatic rings. The van der Waals surface area contributed by atoms with Crippen LogP contribution in [0.25, 0.3) is 0 Å². The number of hydrogen-bond acceptors (Lipinski definition) is 4. The monoisotopic (exact) mass is 287 g/mol. The molecule has 4 heteroatoms. The fraction of sp³-hybridized carbons (Fsp3) is 0.438. The van der Waals surface area contributed by atoms with E-state index in [4.69, 9.17) is 0 Å². The lowest BCUT2D eigenvalue weighted by atomic mass is 9.87. The summed E-state index contributed by atoms with van der Waals surface area (Å²) in [6.45, 7) is 7.53. The molecule has 1 fully saturated rings. The van der Waals surface area contributed by atoms with Crippen molar-refractivity contribution in [1.29, 1.82) is 0 Å². The van der Waals surface area contributed by atoms with Crippen LogP contribution in [-0.4, -0.2) is 29.0 Å². The number of hydrogen-bond donors (Lipinski definition) is 1. The van der Waals surface area contributed by atoms with Gasteiger partial charge < -0.3 is 5.32 Å². The van der Waals surface area contributed by atoms with Crippen molar-refractivity contribution in [3.8, 4) is 0 Å². The molecule has 3 rings (SSSR count). The first-order valence-electron chi connectivity index (χ1n) is 7.11. The third-order valence-electron chi connectivity index (χ3n) is 4.19. The van der Waals surface area contributed by atoms with E-state index < -0.39 is 0 Å². The maximum Gasteiger partial charge on any atom is 0.107 e. The van der Waals surface area contributed by atoms with Gasteiger partial charge in [-0.3, -0.25) is 4.90 Å². The molecule has 1 aromatic carbocycles. The van der Waals surface area contributed by atoms with E-state index in [-0.39, 0.29) is 5.54 Å². The number of benzene rings is 1. The Hall–Kier alpha value is -1.23. The summed E-state index contributed by atoms with van der Waals surface area (Å²) in [6, 6.07) is 11.3. The summed E-state index contributed by atoms with van der Waals surface area (Å²) < 4.78 is 0. The molecule has 0 saturated carbocycles. The molecule has 0 spiro atoms. The van der Waals surface area contributed by atoms with Gasteiger partial charge in [0, 0.05) is 30.7 Å². The second-order valence-corrected chi connectivity index (χ2v) is 6.71. The van der Waals surface area contributed by atoms with Crippen molar-refractivity contribution in [2.75, 3.05) is 13.1 Å². The first kappa shape index (κ1) is 13.7. The Morgan fingerprint density at radius 2 is 2.20 bits per heavy atom. The molecule has 1 aromatic heterocycles. The summed E-state index contributed by atoms with van der Waals surface area (Å²) >= 11 is 1.74. The SMILES string of the molecule is CC1CN(Cc2nccs2)C(C)(c2ccccc2)CN1. The van der Waals surface area contributed by atoms with Crippen molar-refractivity contribution in [1.82, 2.24) is 15.2 Å². The summed E-state index contributed by atoms with van der Waals surface area (Å²) in [5.41, 5.74) is 1.40. The third kappa shape index (κ3) is 2.64. The molecule has 2 aromatic rings. The summed E-state index contributed by atoms with van der Waals surface area (Å²) in [5.74, 6) is 0. The number of aromatic nitrogens is 1. The largest absolute Gasteiger partial charge is 0.311 e. The number of nitrogens with zero attached hydrogens (tertiary/aromatic N) is 2. The van der Waals surface area contributed by atoms with Gasteiger partial charge in [0.25, 0.3) is 0 Å². The highest BCUT2D eigenvalue weighted by molar-refractivity contribution is 7.09. The average molecular weight is 287 g/mol. The van der Waals surface area contributed by atoms with Crippen molar-refractivity contribution in [3.05, 3.63) is 52.5 Å². The Labute approximate surface area is 124 Å². The lowest BCUT2D eigenvalue weighted by Gasteiger charge is -2.47. The molecular formula is C16H21N3S. The van der Waals surface area contributed by atoms with Crippen LogP contribution < -0.4 is 5.32 Å². The van der Waals surface area contributed by atoms with Crippen LogP contribution >= 0.6 is 11.3 Å². The zero-order valence-electron chi connectivity index (χ0n) is 12.0. The lowest BCUT2D eigenvalue weighted by Crippen LogP contribution is -2.60. The second kappa shape index (κ2) is 5.64. The smallest absolute Gasteiger partial charge is 0.107 e. The fourth-order valence-electron chi connectivity index (χ4n) is 2.90. The predicted octanol–water partition coefficient (Wildman–Crippen LogP) is 2.85. The number of piperazine rings is 1. The van der Waals surface area contributed by atoms with Crippen LogP contribution in [0.2, 0.25) is 0 Å². The zero-order chi connectivity index (χ0) is 14.0. The Morgan fingerprint density at radius 1 is 1.40 bits per heavy atom. The molecule has 0 aliphatic carbocycles. The molecule has 1 saturated heterocycles. The van der Waals surface area contributed by atoms with E-state index in [0.717, 1.165) is 19.6 Å². The molecular weight excluding hydrogens is 266 g/mol. The van der Waals surface area contributed by atoms with Crippen LogP contribution in [-0.2, 0) is 12.1 Å². The van der Waals surface area contributed by atoms with Gasteiger partial charge in [0.05, 0.1) is 12.1 Å². The van der Waals surface area contributed by atoms with Crippen LogP contribution in [0.15, 0.2) is 41.9 Å². The van der Waals surface area contributed by atoms with Crippen LogP contribution in [0.1, 0.15) is 24.4 Å². The van der Waals surface area contributed by atoms with Gasteiger partial charge in [-0.2, -0.15) is 0 Å². The summed E-state index contributed by atoms with van der Waals surface area (Å²) in [7, 11) is 0. The molecule has 2 unspecified atom stereocenters. The quantitative estimate of drug-likeness (QED) is 0.941. The lowest BCUT2D eigenvalue weighted by molar-refractivity contribution is 0.0458. The van der Waals surface area contributed by atoms with Gasteiger partial charge in [-0.1, -0.05) is 30.3 Å². The topological polar surface area (TPSA) is 28.2 Å².